The number of hydrogen-bond donors (Lipinski definition) is 2. The van der Waals surface area contributed by atoms with E-state index in [-0.39, 0.29) is 18.8 Å². The van der Waals surface area contributed by atoms with E-state index in [0.717, 1.165) is 6.07 Å². The highest BCUT2D eigenvalue weighted by molar-refractivity contribution is 6.31. The average molecular weight is 282 g/mol. The minimum Gasteiger partial charge on any atom is -0.477 e. The first-order valence-corrected chi connectivity index (χ1v) is 6.01. The first-order valence-electron chi connectivity index (χ1n) is 5.63. The molecular formula is C13H12ClNO4. The summed E-state index contributed by atoms with van der Waals surface area (Å²) >= 11 is 5.91. The fourth-order valence-electron chi connectivity index (χ4n) is 2.19. The van der Waals surface area contributed by atoms with Crippen LogP contribution in [0.25, 0.3) is 10.9 Å². The van der Waals surface area contributed by atoms with Crippen molar-refractivity contribution >= 4 is 28.5 Å². The number of aryl methyl sites for hydroxylation is 1. The molecule has 0 aliphatic carbocycles. The molecule has 2 N–H and O–H groups in total. The number of carboxylic acid groups (broad SMARTS) is 1. The van der Waals surface area contributed by atoms with E-state index in [1.165, 1.54) is 10.6 Å². The molecule has 1 aromatic heterocycles. The number of carbonyl (C=O) groups is 1. The maximum atomic E-state index is 12.0. The third-order valence-electron chi connectivity index (χ3n) is 2.90. The summed E-state index contributed by atoms with van der Waals surface area (Å²) in [5.41, 5.74) is 0.642. The van der Waals surface area contributed by atoms with Gasteiger partial charge in [0.25, 0.3) is 0 Å². The molecule has 100 valence electrons. The summed E-state index contributed by atoms with van der Waals surface area (Å²) in [4.78, 5) is 23.2. The fraction of sp³-hybridized carbons (Fsp3) is 0.231. The Morgan fingerprint density at radius 1 is 1.37 bits per heavy atom. The number of carboxylic acids is 1. The monoisotopic (exact) mass is 281 g/mol. The van der Waals surface area contributed by atoms with E-state index in [4.69, 9.17) is 21.8 Å². The van der Waals surface area contributed by atoms with E-state index >= 15 is 0 Å². The second kappa shape index (κ2) is 5.03. The van der Waals surface area contributed by atoms with Gasteiger partial charge in [-0.2, -0.15) is 0 Å². The van der Waals surface area contributed by atoms with Crippen molar-refractivity contribution in [2.45, 2.75) is 13.5 Å². The zero-order valence-corrected chi connectivity index (χ0v) is 10.9. The van der Waals surface area contributed by atoms with Crippen molar-refractivity contribution < 1.29 is 15.0 Å². The number of aliphatic hydroxyl groups excluding tert-OH is 1. The van der Waals surface area contributed by atoms with Crippen LogP contribution in [0.15, 0.2) is 23.0 Å². The Bertz CT molecular complexity index is 721. The molecule has 6 heteroatoms. The predicted molar refractivity (Wildman–Crippen MR) is 72.0 cm³/mol. The van der Waals surface area contributed by atoms with Gasteiger partial charge in [-0.3, -0.25) is 4.79 Å². The van der Waals surface area contributed by atoms with Crippen LogP contribution in [0.3, 0.4) is 0 Å². The second-order valence-electron chi connectivity index (χ2n) is 4.19. The van der Waals surface area contributed by atoms with E-state index in [2.05, 4.69) is 0 Å². The molecule has 1 heterocycles. The van der Waals surface area contributed by atoms with Crippen molar-refractivity contribution in [1.82, 2.24) is 4.57 Å². The van der Waals surface area contributed by atoms with E-state index in [1.807, 2.05) is 0 Å². The maximum absolute atomic E-state index is 12.0. The summed E-state index contributed by atoms with van der Waals surface area (Å²) in [7, 11) is 0. The molecule has 0 aliphatic heterocycles. The predicted octanol–water partition coefficient (Wildman–Crippen LogP) is 1.65. The number of fused-ring (bicyclic) bond motifs is 1. The molecule has 0 spiro atoms. The van der Waals surface area contributed by atoms with Crippen molar-refractivity contribution in [1.29, 1.82) is 0 Å². The van der Waals surface area contributed by atoms with Gasteiger partial charge in [0.05, 0.1) is 12.1 Å². The lowest BCUT2D eigenvalue weighted by Crippen LogP contribution is -2.20. The third-order valence-corrected chi connectivity index (χ3v) is 3.12. The van der Waals surface area contributed by atoms with Crippen LogP contribution in [0.2, 0.25) is 5.02 Å². The lowest BCUT2D eigenvalue weighted by molar-refractivity contribution is 0.0683. The van der Waals surface area contributed by atoms with E-state index in [1.54, 1.807) is 13.0 Å². The number of hydrogen-bond acceptors (Lipinski definition) is 3. The van der Waals surface area contributed by atoms with Crippen LogP contribution >= 0.6 is 11.6 Å². The van der Waals surface area contributed by atoms with Gasteiger partial charge in [0, 0.05) is 23.0 Å². The molecule has 0 bridgehead atoms. The number of nitrogens with zero attached hydrogens (tertiary/aromatic N) is 1. The number of rotatable bonds is 3. The highest BCUT2D eigenvalue weighted by atomic mass is 35.5. The van der Waals surface area contributed by atoms with Crippen molar-refractivity contribution in [2.75, 3.05) is 6.61 Å². The molecule has 19 heavy (non-hydrogen) atoms. The second-order valence-corrected chi connectivity index (χ2v) is 4.63. The molecule has 0 radical (unpaired) electrons. The Balaban J connectivity index is 2.99. The average Bonchev–Trinajstić information content (AvgIpc) is 2.32. The summed E-state index contributed by atoms with van der Waals surface area (Å²) in [6.07, 6.45) is 0. The molecule has 0 fully saturated rings. The number of pyridine rings is 1. The largest absolute Gasteiger partial charge is 0.477 e. The topological polar surface area (TPSA) is 79.5 Å². The van der Waals surface area contributed by atoms with Crippen molar-refractivity contribution in [3.63, 3.8) is 0 Å². The highest BCUT2D eigenvalue weighted by Crippen LogP contribution is 2.22. The summed E-state index contributed by atoms with van der Waals surface area (Å²) in [5.74, 6) is -1.21. The fourth-order valence-corrected chi connectivity index (χ4v) is 2.46. The number of aromatic nitrogens is 1. The Morgan fingerprint density at radius 3 is 2.63 bits per heavy atom. The quantitative estimate of drug-likeness (QED) is 0.896. The molecule has 1 aromatic carbocycles. The van der Waals surface area contributed by atoms with Gasteiger partial charge in [-0.05, 0) is 24.6 Å². The van der Waals surface area contributed by atoms with Gasteiger partial charge in [-0.25, -0.2) is 4.79 Å². The summed E-state index contributed by atoms with van der Waals surface area (Å²) < 4.78 is 1.42. The van der Waals surface area contributed by atoms with E-state index in [9.17, 15) is 9.59 Å². The Kier molecular flexibility index (Phi) is 3.59. The van der Waals surface area contributed by atoms with Crippen LogP contribution in [0.1, 0.15) is 16.1 Å². The van der Waals surface area contributed by atoms with E-state index in [0.29, 0.717) is 21.5 Å². The molecule has 2 rings (SSSR count). The number of aliphatic hydroxyl groups is 1. The van der Waals surface area contributed by atoms with Gasteiger partial charge in [0.2, 0.25) is 0 Å². The normalized spacial score (nSPS) is 10.9. The first-order chi connectivity index (χ1) is 8.95. The lowest BCUT2D eigenvalue weighted by atomic mass is 10.1. The van der Waals surface area contributed by atoms with Crippen LogP contribution in [-0.4, -0.2) is 27.4 Å². The number of halogens is 1. The molecular weight excluding hydrogens is 270 g/mol. The standard InChI is InChI=1S/C13H12ClNO4/c1-7-4-8(14)5-9-11(17)6-10(13(18)19)15(2-3-16)12(7)9/h4-6,16H,2-3H2,1H3,(H,18,19). The molecule has 0 aliphatic rings. The molecule has 2 aromatic rings. The van der Waals surface area contributed by atoms with Crippen LogP contribution in [0, 0.1) is 6.92 Å². The minimum atomic E-state index is -1.21. The van der Waals surface area contributed by atoms with Gasteiger partial charge in [-0.15, -0.1) is 0 Å². The van der Waals surface area contributed by atoms with Crippen LogP contribution in [0.4, 0.5) is 0 Å². The van der Waals surface area contributed by atoms with Gasteiger partial charge in [-0.1, -0.05) is 11.6 Å². The first kappa shape index (κ1) is 13.6. The lowest BCUT2D eigenvalue weighted by Gasteiger charge is -2.15. The van der Waals surface area contributed by atoms with E-state index < -0.39 is 11.4 Å². The number of aromatic carboxylic acids is 1. The molecule has 5 nitrogen and oxygen atoms in total. The molecule has 0 amide bonds. The van der Waals surface area contributed by atoms with Gasteiger partial charge in [0.15, 0.2) is 5.43 Å². The van der Waals surface area contributed by atoms with Crippen molar-refractivity contribution in [3.05, 3.63) is 44.7 Å². The third kappa shape index (κ3) is 2.34. The zero-order valence-electron chi connectivity index (χ0n) is 10.2. The SMILES string of the molecule is Cc1cc(Cl)cc2c(=O)cc(C(=O)O)n(CCO)c12. The summed E-state index contributed by atoms with van der Waals surface area (Å²) in [5, 5.41) is 19.0. The highest BCUT2D eigenvalue weighted by Gasteiger charge is 2.16. The molecule has 0 saturated carbocycles. The molecule has 0 atom stereocenters. The van der Waals surface area contributed by atoms with Gasteiger partial charge in [0.1, 0.15) is 5.69 Å². The molecule has 0 saturated heterocycles. The number of benzene rings is 1. The van der Waals surface area contributed by atoms with Crippen LogP contribution in [0.5, 0.6) is 0 Å². The maximum Gasteiger partial charge on any atom is 0.352 e. The van der Waals surface area contributed by atoms with Crippen LogP contribution in [-0.2, 0) is 6.54 Å². The zero-order chi connectivity index (χ0) is 14.2. The van der Waals surface area contributed by atoms with Crippen molar-refractivity contribution in [2.24, 2.45) is 0 Å². The molecule has 0 unspecified atom stereocenters. The minimum absolute atomic E-state index is 0.0981. The van der Waals surface area contributed by atoms with Crippen LogP contribution < -0.4 is 5.43 Å². The summed E-state index contributed by atoms with van der Waals surface area (Å²) in [6.45, 7) is 1.62. The summed E-state index contributed by atoms with van der Waals surface area (Å²) in [6, 6.07) is 4.21. The Hall–Kier alpha value is -1.85. The smallest absolute Gasteiger partial charge is 0.352 e. The van der Waals surface area contributed by atoms with Crippen molar-refractivity contribution in [3.8, 4) is 0 Å². The Labute approximate surface area is 113 Å². The van der Waals surface area contributed by atoms with Gasteiger partial charge >= 0.3 is 5.97 Å². The Morgan fingerprint density at radius 2 is 2.05 bits per heavy atom. The van der Waals surface area contributed by atoms with Gasteiger partial charge < -0.3 is 14.8 Å².